The lowest BCUT2D eigenvalue weighted by molar-refractivity contribution is -0.121. The highest BCUT2D eigenvalue weighted by Crippen LogP contribution is 2.29. The maximum atomic E-state index is 13.2. The molecule has 6 heteroatoms. The number of benzene rings is 2. The number of nitrogens with one attached hydrogen (secondary N) is 1. The van der Waals surface area contributed by atoms with Gasteiger partial charge in [0.25, 0.3) is 0 Å². The molecule has 0 saturated heterocycles. The average molecular weight is 421 g/mol. The van der Waals surface area contributed by atoms with Gasteiger partial charge in [0.05, 0.1) is 13.7 Å². The Morgan fingerprint density at radius 2 is 1.93 bits per heavy atom. The standard InChI is InChI=1S/C24H24N2O3S/c1-29-20-11-9-19(10-12-20)26(16-21-6-4-14-30-21)23(27)13-8-18-15-17-5-2-3-7-22(17)25-24(18)28/h2-7,9-12,14,18H,8,13,15-16H2,1H3,(H,25,28). The van der Waals surface area contributed by atoms with Gasteiger partial charge in [0.15, 0.2) is 0 Å². The minimum Gasteiger partial charge on any atom is -0.497 e. The number of anilines is 2. The molecule has 1 aliphatic heterocycles. The van der Waals surface area contributed by atoms with Crippen LogP contribution in [0.25, 0.3) is 0 Å². The van der Waals surface area contributed by atoms with E-state index in [0.29, 0.717) is 25.8 Å². The van der Waals surface area contributed by atoms with Gasteiger partial charge in [-0.1, -0.05) is 24.3 Å². The van der Waals surface area contributed by atoms with Crippen molar-refractivity contribution in [3.8, 4) is 5.75 Å². The monoisotopic (exact) mass is 420 g/mol. The van der Waals surface area contributed by atoms with Crippen LogP contribution < -0.4 is 15.0 Å². The smallest absolute Gasteiger partial charge is 0.227 e. The van der Waals surface area contributed by atoms with E-state index in [0.717, 1.165) is 27.6 Å². The van der Waals surface area contributed by atoms with Gasteiger partial charge >= 0.3 is 0 Å². The second-order valence-corrected chi connectivity index (χ2v) is 8.38. The molecule has 2 amide bonds. The number of methoxy groups -OCH3 is 1. The molecule has 30 heavy (non-hydrogen) atoms. The number of hydrogen-bond donors (Lipinski definition) is 1. The number of carbonyl (C=O) groups excluding carboxylic acids is 2. The van der Waals surface area contributed by atoms with E-state index in [9.17, 15) is 9.59 Å². The number of nitrogens with zero attached hydrogens (tertiary/aromatic N) is 1. The van der Waals surface area contributed by atoms with Gasteiger partial charge in [0, 0.05) is 28.6 Å². The molecule has 2 heterocycles. The number of amides is 2. The van der Waals surface area contributed by atoms with Gasteiger partial charge in [-0.2, -0.15) is 0 Å². The number of thiophene rings is 1. The third-order valence-electron chi connectivity index (χ3n) is 5.40. The molecule has 2 aromatic carbocycles. The number of carbonyl (C=O) groups is 2. The summed E-state index contributed by atoms with van der Waals surface area (Å²) in [6, 6.07) is 19.4. The largest absolute Gasteiger partial charge is 0.497 e. The number of para-hydroxylation sites is 1. The molecule has 0 radical (unpaired) electrons. The van der Waals surface area contributed by atoms with Crippen LogP contribution in [-0.2, 0) is 22.6 Å². The second-order valence-electron chi connectivity index (χ2n) is 7.34. The summed E-state index contributed by atoms with van der Waals surface area (Å²) in [6.45, 7) is 0.516. The fraction of sp³-hybridized carbons (Fsp3) is 0.250. The summed E-state index contributed by atoms with van der Waals surface area (Å²) in [6.07, 6.45) is 1.51. The molecule has 5 nitrogen and oxygen atoms in total. The number of hydrogen-bond acceptors (Lipinski definition) is 4. The van der Waals surface area contributed by atoms with Crippen LogP contribution in [-0.4, -0.2) is 18.9 Å². The lowest BCUT2D eigenvalue weighted by atomic mass is 9.89. The zero-order valence-corrected chi connectivity index (χ0v) is 17.7. The van der Waals surface area contributed by atoms with E-state index in [1.165, 1.54) is 0 Å². The quantitative estimate of drug-likeness (QED) is 0.593. The summed E-state index contributed by atoms with van der Waals surface area (Å²) in [5, 5.41) is 4.98. The third kappa shape index (κ3) is 4.54. The van der Waals surface area contributed by atoms with Crippen LogP contribution in [0.5, 0.6) is 5.75 Å². The summed E-state index contributed by atoms with van der Waals surface area (Å²) in [7, 11) is 1.62. The molecule has 0 saturated carbocycles. The average Bonchev–Trinajstić information content (AvgIpc) is 3.29. The van der Waals surface area contributed by atoms with E-state index in [1.807, 2.05) is 66.0 Å². The third-order valence-corrected chi connectivity index (χ3v) is 6.26. The molecule has 0 fully saturated rings. The second kappa shape index (κ2) is 9.13. The molecule has 3 aromatic rings. The number of rotatable bonds is 7. The molecule has 0 spiro atoms. The highest BCUT2D eigenvalue weighted by Gasteiger charge is 2.27. The lowest BCUT2D eigenvalue weighted by Gasteiger charge is -2.26. The van der Waals surface area contributed by atoms with Crippen LogP contribution in [0, 0.1) is 5.92 Å². The molecule has 154 valence electrons. The minimum atomic E-state index is -0.191. The van der Waals surface area contributed by atoms with E-state index in [4.69, 9.17) is 4.74 Å². The molecule has 0 bridgehead atoms. The Balaban J connectivity index is 1.47. The van der Waals surface area contributed by atoms with Gasteiger partial charge in [0.2, 0.25) is 11.8 Å². The van der Waals surface area contributed by atoms with E-state index in [-0.39, 0.29) is 17.7 Å². The summed E-state index contributed by atoms with van der Waals surface area (Å²) in [4.78, 5) is 28.6. The first-order valence-electron chi connectivity index (χ1n) is 9.99. The first kappa shape index (κ1) is 20.2. The summed E-state index contributed by atoms with van der Waals surface area (Å²) >= 11 is 1.63. The van der Waals surface area contributed by atoms with Crippen molar-refractivity contribution in [1.82, 2.24) is 0 Å². The van der Waals surface area contributed by atoms with Gasteiger partial charge in [-0.3, -0.25) is 9.59 Å². The highest BCUT2D eigenvalue weighted by molar-refractivity contribution is 7.09. The van der Waals surface area contributed by atoms with Gasteiger partial charge in [0.1, 0.15) is 5.75 Å². The lowest BCUT2D eigenvalue weighted by Crippen LogP contribution is -2.33. The highest BCUT2D eigenvalue weighted by atomic mass is 32.1. The van der Waals surface area contributed by atoms with Crippen LogP contribution in [0.15, 0.2) is 66.0 Å². The molecule has 0 aliphatic carbocycles. The van der Waals surface area contributed by atoms with Crippen molar-refractivity contribution in [2.45, 2.75) is 25.8 Å². The van der Waals surface area contributed by atoms with Gasteiger partial charge in [-0.05, 0) is 60.2 Å². The predicted molar refractivity (Wildman–Crippen MR) is 120 cm³/mol. The molecule has 1 atom stereocenters. The van der Waals surface area contributed by atoms with Gasteiger partial charge in [-0.25, -0.2) is 0 Å². The molecule has 1 N–H and O–H groups in total. The maximum absolute atomic E-state index is 13.2. The van der Waals surface area contributed by atoms with Crippen LogP contribution in [0.3, 0.4) is 0 Å². The van der Waals surface area contributed by atoms with Crippen molar-refractivity contribution in [2.24, 2.45) is 5.92 Å². The Kier molecular flexibility index (Phi) is 6.14. The Bertz CT molecular complexity index is 1020. The first-order chi connectivity index (χ1) is 14.6. The fourth-order valence-electron chi connectivity index (χ4n) is 3.72. The van der Waals surface area contributed by atoms with Crippen molar-refractivity contribution < 1.29 is 14.3 Å². The van der Waals surface area contributed by atoms with E-state index < -0.39 is 0 Å². The first-order valence-corrected chi connectivity index (χ1v) is 10.9. The maximum Gasteiger partial charge on any atom is 0.227 e. The van der Waals surface area contributed by atoms with Crippen molar-refractivity contribution in [1.29, 1.82) is 0 Å². The molecule has 1 aromatic heterocycles. The van der Waals surface area contributed by atoms with Crippen LogP contribution >= 0.6 is 11.3 Å². The summed E-state index contributed by atoms with van der Waals surface area (Å²) < 4.78 is 5.24. The Labute approximate surface area is 180 Å². The molecule has 1 unspecified atom stereocenters. The minimum absolute atomic E-state index is 0.00393. The predicted octanol–water partition coefficient (Wildman–Crippen LogP) is 4.88. The molecular formula is C24H24N2O3S. The van der Waals surface area contributed by atoms with Crippen LogP contribution in [0.4, 0.5) is 11.4 Å². The van der Waals surface area contributed by atoms with Crippen molar-refractivity contribution >= 4 is 34.5 Å². The van der Waals surface area contributed by atoms with E-state index in [1.54, 1.807) is 23.3 Å². The van der Waals surface area contributed by atoms with Crippen LogP contribution in [0.2, 0.25) is 0 Å². The Hall–Kier alpha value is -3.12. The van der Waals surface area contributed by atoms with Crippen LogP contribution in [0.1, 0.15) is 23.3 Å². The summed E-state index contributed by atoms with van der Waals surface area (Å²) in [5.41, 5.74) is 2.83. The van der Waals surface area contributed by atoms with E-state index in [2.05, 4.69) is 5.32 Å². The summed E-state index contributed by atoms with van der Waals surface area (Å²) in [5.74, 6) is 0.569. The number of ether oxygens (including phenoxy) is 1. The fourth-order valence-corrected chi connectivity index (χ4v) is 4.42. The zero-order chi connectivity index (χ0) is 20.9. The zero-order valence-electron chi connectivity index (χ0n) is 16.8. The Morgan fingerprint density at radius 3 is 2.67 bits per heavy atom. The molecular weight excluding hydrogens is 396 g/mol. The normalized spacial score (nSPS) is 15.2. The molecule has 1 aliphatic rings. The van der Waals surface area contributed by atoms with Crippen molar-refractivity contribution in [3.05, 3.63) is 76.5 Å². The topological polar surface area (TPSA) is 58.6 Å². The van der Waals surface area contributed by atoms with Gasteiger partial charge in [-0.15, -0.1) is 11.3 Å². The van der Waals surface area contributed by atoms with Crippen molar-refractivity contribution in [2.75, 3.05) is 17.3 Å². The number of fused-ring (bicyclic) bond motifs is 1. The van der Waals surface area contributed by atoms with Crippen molar-refractivity contribution in [3.63, 3.8) is 0 Å². The Morgan fingerprint density at radius 1 is 1.13 bits per heavy atom. The van der Waals surface area contributed by atoms with E-state index >= 15 is 0 Å². The van der Waals surface area contributed by atoms with Gasteiger partial charge < -0.3 is 15.0 Å². The SMILES string of the molecule is COc1ccc(N(Cc2cccs2)C(=O)CCC2Cc3ccccc3NC2=O)cc1. The molecule has 4 rings (SSSR count).